The van der Waals surface area contributed by atoms with E-state index < -0.39 is 30.0 Å². The van der Waals surface area contributed by atoms with Crippen molar-refractivity contribution in [2.24, 2.45) is 0 Å². The zero-order chi connectivity index (χ0) is 12.0. The molecule has 0 aromatic rings. The van der Waals surface area contributed by atoms with E-state index in [9.17, 15) is 14.4 Å². The fraction of sp³-hybridized carbons (Fsp3) is 0.625. The molecule has 7 heteroatoms. The van der Waals surface area contributed by atoms with Gasteiger partial charge in [-0.15, -0.1) is 0 Å². The van der Waals surface area contributed by atoms with Crippen molar-refractivity contribution >= 4 is 30.5 Å². The first kappa shape index (κ1) is 13.8. The van der Waals surface area contributed by atoms with Crippen molar-refractivity contribution in [2.45, 2.75) is 26.0 Å². The Hall–Kier alpha value is -1.24. The van der Waals surface area contributed by atoms with Gasteiger partial charge in [-0.1, -0.05) is 0 Å². The lowest BCUT2D eigenvalue weighted by Crippen LogP contribution is -2.44. The highest BCUT2D eigenvalue weighted by atomic mass is 32.1. The Kier molecular flexibility index (Phi) is 5.76. The molecule has 1 unspecified atom stereocenters. The van der Waals surface area contributed by atoms with E-state index in [2.05, 4.69) is 22.7 Å². The average Bonchev–Trinajstić information content (AvgIpc) is 2.13. The van der Waals surface area contributed by atoms with E-state index in [-0.39, 0.29) is 5.75 Å². The molecule has 0 aliphatic rings. The fourth-order valence-electron chi connectivity index (χ4n) is 0.731. The lowest BCUT2D eigenvalue weighted by molar-refractivity contribution is -0.164. The van der Waals surface area contributed by atoms with Gasteiger partial charge in [-0.05, 0) is 6.92 Å². The summed E-state index contributed by atoms with van der Waals surface area (Å²) in [7, 11) is 0. The molecule has 86 valence electrons. The second-order valence-electron chi connectivity index (χ2n) is 2.85. The standard InChI is InChI=1S/C8H13NO5S/c1-4(7(11)12)14-8(13)6(3-15)9-5(2)10/h4,6,15H,3H2,1-2H3,(H,9,10)(H,11,12)/t4?,6-/m0/s1. The summed E-state index contributed by atoms with van der Waals surface area (Å²) in [6.07, 6.45) is -1.24. The first-order chi connectivity index (χ1) is 6.88. The summed E-state index contributed by atoms with van der Waals surface area (Å²) in [5.41, 5.74) is 0. The third kappa shape index (κ3) is 5.26. The predicted octanol–water partition coefficient (Wildman–Crippen LogP) is -0.563. The molecule has 0 heterocycles. The second kappa shape index (κ2) is 6.28. The Balaban J connectivity index is 4.27. The molecular weight excluding hydrogens is 222 g/mol. The molecule has 6 nitrogen and oxygen atoms in total. The number of esters is 1. The predicted molar refractivity (Wildman–Crippen MR) is 54.6 cm³/mol. The van der Waals surface area contributed by atoms with Crippen LogP contribution in [0.2, 0.25) is 0 Å². The fourth-order valence-corrected chi connectivity index (χ4v) is 0.972. The minimum atomic E-state index is -1.25. The number of ether oxygens (including phenoxy) is 1. The van der Waals surface area contributed by atoms with Crippen molar-refractivity contribution in [3.63, 3.8) is 0 Å². The van der Waals surface area contributed by atoms with Gasteiger partial charge in [0.15, 0.2) is 6.10 Å². The van der Waals surface area contributed by atoms with Gasteiger partial charge >= 0.3 is 11.9 Å². The van der Waals surface area contributed by atoms with E-state index in [1.807, 2.05) is 0 Å². The van der Waals surface area contributed by atoms with Gasteiger partial charge in [-0.2, -0.15) is 12.6 Å². The molecule has 2 N–H and O–H groups in total. The van der Waals surface area contributed by atoms with Crippen LogP contribution in [0.15, 0.2) is 0 Å². The lowest BCUT2D eigenvalue weighted by atomic mass is 10.3. The lowest BCUT2D eigenvalue weighted by Gasteiger charge is -2.16. The van der Waals surface area contributed by atoms with E-state index in [4.69, 9.17) is 5.11 Å². The number of rotatable bonds is 5. The zero-order valence-corrected chi connectivity index (χ0v) is 9.28. The molecule has 0 radical (unpaired) electrons. The van der Waals surface area contributed by atoms with Crippen LogP contribution in [-0.2, 0) is 19.1 Å². The molecule has 15 heavy (non-hydrogen) atoms. The second-order valence-corrected chi connectivity index (χ2v) is 3.22. The highest BCUT2D eigenvalue weighted by Gasteiger charge is 2.24. The van der Waals surface area contributed by atoms with Crippen molar-refractivity contribution in [2.75, 3.05) is 5.75 Å². The van der Waals surface area contributed by atoms with E-state index in [0.29, 0.717) is 0 Å². The summed E-state index contributed by atoms with van der Waals surface area (Å²) < 4.78 is 4.56. The number of carbonyl (C=O) groups is 3. The quantitative estimate of drug-likeness (QED) is 0.438. The maximum atomic E-state index is 11.3. The highest BCUT2D eigenvalue weighted by Crippen LogP contribution is 1.98. The van der Waals surface area contributed by atoms with E-state index in [0.717, 1.165) is 0 Å². The van der Waals surface area contributed by atoms with Gasteiger partial charge in [0, 0.05) is 12.7 Å². The molecule has 0 aromatic heterocycles. The van der Waals surface area contributed by atoms with Gasteiger partial charge in [0.25, 0.3) is 0 Å². The summed E-state index contributed by atoms with van der Waals surface area (Å²) in [5, 5.41) is 10.8. The smallest absolute Gasteiger partial charge is 0.344 e. The van der Waals surface area contributed by atoms with E-state index in [1.165, 1.54) is 13.8 Å². The van der Waals surface area contributed by atoms with E-state index >= 15 is 0 Å². The van der Waals surface area contributed by atoms with Crippen LogP contribution in [0.4, 0.5) is 0 Å². The number of carboxylic acids is 1. The maximum absolute atomic E-state index is 11.3. The van der Waals surface area contributed by atoms with Gasteiger partial charge in [0.05, 0.1) is 0 Å². The summed E-state index contributed by atoms with van der Waals surface area (Å²) in [5.74, 6) is -2.42. The summed E-state index contributed by atoms with van der Waals surface area (Å²) >= 11 is 3.84. The van der Waals surface area contributed by atoms with Crippen LogP contribution < -0.4 is 5.32 Å². The number of thiol groups is 1. The topological polar surface area (TPSA) is 92.7 Å². The molecular formula is C8H13NO5S. The van der Waals surface area contributed by atoms with Gasteiger partial charge in [0.1, 0.15) is 6.04 Å². The molecule has 2 atom stereocenters. The Morgan fingerprint density at radius 3 is 2.33 bits per heavy atom. The number of nitrogens with one attached hydrogen (secondary N) is 1. The van der Waals surface area contributed by atoms with Crippen molar-refractivity contribution in [1.82, 2.24) is 5.32 Å². The van der Waals surface area contributed by atoms with Crippen LogP contribution in [0.3, 0.4) is 0 Å². The number of carbonyl (C=O) groups excluding carboxylic acids is 2. The normalized spacial score (nSPS) is 13.8. The van der Waals surface area contributed by atoms with Crippen LogP contribution in [0, 0.1) is 0 Å². The van der Waals surface area contributed by atoms with Crippen molar-refractivity contribution < 1.29 is 24.2 Å². The molecule has 0 spiro atoms. The maximum Gasteiger partial charge on any atom is 0.344 e. The molecule has 0 saturated carbocycles. The van der Waals surface area contributed by atoms with Crippen molar-refractivity contribution in [3.05, 3.63) is 0 Å². The van der Waals surface area contributed by atoms with Crippen LogP contribution in [0.25, 0.3) is 0 Å². The van der Waals surface area contributed by atoms with E-state index in [1.54, 1.807) is 0 Å². The Bertz CT molecular complexity index is 268. The van der Waals surface area contributed by atoms with Crippen molar-refractivity contribution in [3.8, 4) is 0 Å². The average molecular weight is 235 g/mol. The van der Waals surface area contributed by atoms with Gasteiger partial charge in [-0.3, -0.25) is 4.79 Å². The van der Waals surface area contributed by atoms with Gasteiger partial charge < -0.3 is 15.2 Å². The third-order valence-corrected chi connectivity index (χ3v) is 1.85. The van der Waals surface area contributed by atoms with Crippen LogP contribution in [-0.4, -0.2) is 40.9 Å². The molecule has 0 aliphatic heterocycles. The SMILES string of the molecule is CC(=O)N[C@@H](CS)C(=O)OC(C)C(=O)O. The molecule has 0 aliphatic carbocycles. The molecule has 0 aromatic carbocycles. The highest BCUT2D eigenvalue weighted by molar-refractivity contribution is 7.80. The minimum Gasteiger partial charge on any atom is -0.479 e. The summed E-state index contributed by atoms with van der Waals surface area (Å²) in [6, 6.07) is -0.923. The summed E-state index contributed by atoms with van der Waals surface area (Å²) in [6.45, 7) is 2.47. The molecule has 0 saturated heterocycles. The van der Waals surface area contributed by atoms with Crippen LogP contribution in [0.5, 0.6) is 0 Å². The summed E-state index contributed by atoms with van der Waals surface area (Å²) in [4.78, 5) is 32.3. The zero-order valence-electron chi connectivity index (χ0n) is 8.39. The number of carboxylic acid groups (broad SMARTS) is 1. The van der Waals surface area contributed by atoms with Crippen LogP contribution >= 0.6 is 12.6 Å². The molecule has 0 rings (SSSR count). The largest absolute Gasteiger partial charge is 0.479 e. The number of hydrogen-bond donors (Lipinski definition) is 3. The van der Waals surface area contributed by atoms with Gasteiger partial charge in [-0.25, -0.2) is 9.59 Å². The van der Waals surface area contributed by atoms with Crippen molar-refractivity contribution in [1.29, 1.82) is 0 Å². The number of amides is 1. The Labute approximate surface area is 92.4 Å². The molecule has 0 fully saturated rings. The first-order valence-corrected chi connectivity index (χ1v) is 4.83. The van der Waals surface area contributed by atoms with Gasteiger partial charge in [0.2, 0.25) is 5.91 Å². The first-order valence-electron chi connectivity index (χ1n) is 4.19. The minimum absolute atomic E-state index is 0.0464. The van der Waals surface area contributed by atoms with Crippen LogP contribution in [0.1, 0.15) is 13.8 Å². The molecule has 1 amide bonds. The number of hydrogen-bond acceptors (Lipinski definition) is 5. The monoisotopic (exact) mass is 235 g/mol. The Morgan fingerprint density at radius 2 is 2.00 bits per heavy atom. The third-order valence-electron chi connectivity index (χ3n) is 1.49. The Morgan fingerprint density at radius 1 is 1.47 bits per heavy atom. The molecule has 0 bridgehead atoms. The number of aliphatic carboxylic acids is 1.